The normalized spacial score (nSPS) is 18.4. The van der Waals surface area contributed by atoms with E-state index in [1.807, 2.05) is 12.3 Å². The Bertz CT molecular complexity index is 493. The van der Waals surface area contributed by atoms with Crippen LogP contribution >= 0.6 is 11.6 Å². The molecule has 1 aliphatic rings. The van der Waals surface area contributed by atoms with Gasteiger partial charge in [0.05, 0.1) is 11.9 Å². The first kappa shape index (κ1) is 9.73. The number of halogens is 1. The van der Waals surface area contributed by atoms with Crippen LogP contribution in [0.4, 0.5) is 5.69 Å². The Morgan fingerprint density at radius 2 is 2.19 bits per heavy atom. The van der Waals surface area contributed by atoms with Gasteiger partial charge in [0, 0.05) is 17.3 Å². The number of aromatic amines is 1. The molecule has 0 spiro atoms. The van der Waals surface area contributed by atoms with Crippen molar-refractivity contribution >= 4 is 17.3 Å². The zero-order chi connectivity index (χ0) is 11.0. The molecule has 0 saturated carbocycles. The van der Waals surface area contributed by atoms with Crippen molar-refractivity contribution in [3.63, 3.8) is 0 Å². The lowest BCUT2D eigenvalue weighted by molar-refractivity contribution is 0.774. The molecule has 1 atom stereocenters. The molecule has 1 heterocycles. The van der Waals surface area contributed by atoms with Crippen LogP contribution in [-0.2, 0) is 12.8 Å². The topological polar surface area (TPSA) is 40.7 Å². The number of hydrogen-bond acceptors (Lipinski definition) is 2. The van der Waals surface area contributed by atoms with Gasteiger partial charge < -0.3 is 5.32 Å². The van der Waals surface area contributed by atoms with Gasteiger partial charge in [-0.25, -0.2) is 0 Å². The van der Waals surface area contributed by atoms with Crippen molar-refractivity contribution in [2.75, 3.05) is 5.32 Å². The number of fused-ring (bicyclic) bond motifs is 1. The lowest BCUT2D eigenvalue weighted by Gasteiger charge is -2.10. The quantitative estimate of drug-likeness (QED) is 0.837. The summed E-state index contributed by atoms with van der Waals surface area (Å²) in [4.78, 5) is 0. The molecule has 1 unspecified atom stereocenters. The fourth-order valence-corrected chi connectivity index (χ4v) is 2.45. The van der Waals surface area contributed by atoms with Gasteiger partial charge in [-0.05, 0) is 36.1 Å². The fraction of sp³-hybridized carbons (Fsp3) is 0.250. The van der Waals surface area contributed by atoms with Gasteiger partial charge in [-0.15, -0.1) is 0 Å². The van der Waals surface area contributed by atoms with Crippen LogP contribution in [0.2, 0.25) is 5.02 Å². The van der Waals surface area contributed by atoms with Gasteiger partial charge in [0.25, 0.3) is 0 Å². The maximum absolute atomic E-state index is 5.98. The molecule has 3 rings (SSSR count). The van der Waals surface area contributed by atoms with Gasteiger partial charge in [-0.2, -0.15) is 5.10 Å². The summed E-state index contributed by atoms with van der Waals surface area (Å²) in [6.07, 6.45) is 5.75. The molecule has 1 aromatic carbocycles. The molecule has 0 fully saturated rings. The summed E-state index contributed by atoms with van der Waals surface area (Å²) in [6.45, 7) is 0. The SMILES string of the molecule is Clc1ccc2c(c1)CC(Nc1cn[nH]c1)C2. The van der Waals surface area contributed by atoms with E-state index >= 15 is 0 Å². The molecule has 0 radical (unpaired) electrons. The smallest absolute Gasteiger partial charge is 0.0726 e. The number of aromatic nitrogens is 2. The van der Waals surface area contributed by atoms with Crippen LogP contribution in [0, 0.1) is 0 Å². The van der Waals surface area contributed by atoms with Crippen molar-refractivity contribution in [1.82, 2.24) is 10.2 Å². The van der Waals surface area contributed by atoms with E-state index in [4.69, 9.17) is 11.6 Å². The van der Waals surface area contributed by atoms with Gasteiger partial charge >= 0.3 is 0 Å². The van der Waals surface area contributed by atoms with Gasteiger partial charge in [0.1, 0.15) is 0 Å². The minimum Gasteiger partial charge on any atom is -0.379 e. The third kappa shape index (κ3) is 1.78. The van der Waals surface area contributed by atoms with Gasteiger partial charge in [-0.3, -0.25) is 5.10 Å². The van der Waals surface area contributed by atoms with Crippen molar-refractivity contribution in [3.8, 4) is 0 Å². The molecule has 3 nitrogen and oxygen atoms in total. The molecule has 1 aliphatic carbocycles. The van der Waals surface area contributed by atoms with E-state index in [2.05, 4.69) is 27.6 Å². The molecule has 0 bridgehead atoms. The third-order valence-corrected chi connectivity index (χ3v) is 3.21. The van der Waals surface area contributed by atoms with E-state index in [9.17, 15) is 0 Å². The molecule has 2 aromatic rings. The highest BCUT2D eigenvalue weighted by Crippen LogP contribution is 2.26. The Kier molecular flexibility index (Phi) is 2.33. The van der Waals surface area contributed by atoms with E-state index in [0.717, 1.165) is 23.6 Å². The molecular formula is C12H12ClN3. The minimum absolute atomic E-state index is 0.450. The highest BCUT2D eigenvalue weighted by atomic mass is 35.5. The highest BCUT2D eigenvalue weighted by molar-refractivity contribution is 6.30. The summed E-state index contributed by atoms with van der Waals surface area (Å²) < 4.78 is 0. The van der Waals surface area contributed by atoms with E-state index in [-0.39, 0.29) is 0 Å². The van der Waals surface area contributed by atoms with Crippen molar-refractivity contribution in [2.45, 2.75) is 18.9 Å². The average molecular weight is 234 g/mol. The lowest BCUT2D eigenvalue weighted by Crippen LogP contribution is -2.18. The first-order valence-electron chi connectivity index (χ1n) is 5.34. The predicted molar refractivity (Wildman–Crippen MR) is 64.9 cm³/mol. The number of hydrogen-bond donors (Lipinski definition) is 2. The zero-order valence-corrected chi connectivity index (χ0v) is 9.46. The van der Waals surface area contributed by atoms with E-state index < -0.39 is 0 Å². The second kappa shape index (κ2) is 3.83. The predicted octanol–water partition coefficient (Wildman–Crippen LogP) is 2.64. The maximum atomic E-state index is 5.98. The van der Waals surface area contributed by atoms with Crippen molar-refractivity contribution < 1.29 is 0 Å². The Morgan fingerprint density at radius 3 is 3.00 bits per heavy atom. The number of H-pyrrole nitrogens is 1. The van der Waals surface area contributed by atoms with Gasteiger partial charge in [0.2, 0.25) is 0 Å². The Hall–Kier alpha value is -1.48. The minimum atomic E-state index is 0.450. The first-order valence-corrected chi connectivity index (χ1v) is 5.72. The summed E-state index contributed by atoms with van der Waals surface area (Å²) in [7, 11) is 0. The molecule has 0 saturated heterocycles. The Labute approximate surface area is 98.8 Å². The van der Waals surface area contributed by atoms with E-state index in [1.165, 1.54) is 11.1 Å². The van der Waals surface area contributed by atoms with Crippen LogP contribution in [0.5, 0.6) is 0 Å². The monoisotopic (exact) mass is 233 g/mol. The van der Waals surface area contributed by atoms with Gasteiger partial charge in [0.15, 0.2) is 0 Å². The summed E-state index contributed by atoms with van der Waals surface area (Å²) in [5.74, 6) is 0. The average Bonchev–Trinajstić information content (AvgIpc) is 2.86. The number of nitrogens with one attached hydrogen (secondary N) is 2. The zero-order valence-electron chi connectivity index (χ0n) is 8.70. The lowest BCUT2D eigenvalue weighted by atomic mass is 10.1. The highest BCUT2D eigenvalue weighted by Gasteiger charge is 2.21. The summed E-state index contributed by atoms with van der Waals surface area (Å²) in [6, 6.07) is 6.59. The van der Waals surface area contributed by atoms with E-state index in [0.29, 0.717) is 6.04 Å². The standard InChI is InChI=1S/C12H12ClN3/c13-10-2-1-8-4-11(5-9(8)3-10)16-12-6-14-15-7-12/h1-3,6-7,11,16H,4-5H2,(H,14,15). The molecule has 16 heavy (non-hydrogen) atoms. The summed E-state index contributed by atoms with van der Waals surface area (Å²) >= 11 is 5.98. The number of benzene rings is 1. The first-order chi connectivity index (χ1) is 7.81. The largest absolute Gasteiger partial charge is 0.379 e. The van der Waals surface area contributed by atoms with Crippen molar-refractivity contribution in [3.05, 3.63) is 46.7 Å². The van der Waals surface area contributed by atoms with Crippen molar-refractivity contribution in [1.29, 1.82) is 0 Å². The molecule has 4 heteroatoms. The number of rotatable bonds is 2. The molecule has 0 aliphatic heterocycles. The van der Waals surface area contributed by atoms with Crippen LogP contribution < -0.4 is 5.32 Å². The van der Waals surface area contributed by atoms with E-state index in [1.54, 1.807) is 6.20 Å². The van der Waals surface area contributed by atoms with Crippen molar-refractivity contribution in [2.24, 2.45) is 0 Å². The molecule has 1 aromatic heterocycles. The third-order valence-electron chi connectivity index (χ3n) is 2.97. The Balaban J connectivity index is 1.75. The molecular weight excluding hydrogens is 222 g/mol. The fourth-order valence-electron chi connectivity index (χ4n) is 2.25. The van der Waals surface area contributed by atoms with Crippen LogP contribution in [0.1, 0.15) is 11.1 Å². The summed E-state index contributed by atoms with van der Waals surface area (Å²) in [5.41, 5.74) is 3.79. The van der Waals surface area contributed by atoms with Crippen LogP contribution in [0.25, 0.3) is 0 Å². The number of anilines is 1. The number of nitrogens with zero attached hydrogens (tertiary/aromatic N) is 1. The van der Waals surface area contributed by atoms with Crippen LogP contribution in [-0.4, -0.2) is 16.2 Å². The van der Waals surface area contributed by atoms with Gasteiger partial charge in [-0.1, -0.05) is 17.7 Å². The molecule has 0 amide bonds. The molecule has 2 N–H and O–H groups in total. The second-order valence-corrected chi connectivity index (χ2v) is 4.59. The Morgan fingerprint density at radius 1 is 1.31 bits per heavy atom. The summed E-state index contributed by atoms with van der Waals surface area (Å²) in [5, 5.41) is 11.0. The maximum Gasteiger partial charge on any atom is 0.0726 e. The van der Waals surface area contributed by atoms with Crippen LogP contribution in [0.15, 0.2) is 30.6 Å². The van der Waals surface area contributed by atoms with Crippen LogP contribution in [0.3, 0.4) is 0 Å². The second-order valence-electron chi connectivity index (χ2n) is 4.15. The molecule has 82 valence electrons.